The zero-order valence-corrected chi connectivity index (χ0v) is 19.3. The zero-order valence-electron chi connectivity index (χ0n) is 18.5. The highest BCUT2D eigenvalue weighted by atomic mass is 32.2. The number of rotatable bonds is 11. The number of hydrogen-bond acceptors (Lipinski definition) is 4. The average molecular weight is 435 g/mol. The van der Waals surface area contributed by atoms with Crippen LogP contribution in [0.2, 0.25) is 0 Å². The summed E-state index contributed by atoms with van der Waals surface area (Å²) in [5.74, 6) is 0.261. The van der Waals surface area contributed by atoms with Crippen LogP contribution in [-0.4, -0.2) is 56.1 Å². The molecule has 2 atom stereocenters. The van der Waals surface area contributed by atoms with Gasteiger partial charge in [0.2, 0.25) is 10.0 Å². The van der Waals surface area contributed by atoms with Gasteiger partial charge in [0.05, 0.1) is 4.90 Å². The van der Waals surface area contributed by atoms with E-state index in [-0.39, 0.29) is 17.6 Å². The number of sulfonamides is 1. The Morgan fingerprint density at radius 3 is 2.43 bits per heavy atom. The lowest BCUT2D eigenvalue weighted by Crippen LogP contribution is -2.30. The molecular formula is C24H38N2O3S. The molecule has 0 N–H and O–H groups in total. The van der Waals surface area contributed by atoms with Crippen LogP contribution in [0.3, 0.4) is 0 Å². The Morgan fingerprint density at radius 1 is 1.00 bits per heavy atom. The second kappa shape index (κ2) is 11.4. The highest BCUT2D eigenvalue weighted by Crippen LogP contribution is 2.33. The molecule has 3 rings (SSSR count). The van der Waals surface area contributed by atoms with Crippen molar-refractivity contribution in [2.75, 3.05) is 32.7 Å². The summed E-state index contributed by atoms with van der Waals surface area (Å²) >= 11 is 0. The van der Waals surface area contributed by atoms with Gasteiger partial charge in [0, 0.05) is 25.4 Å². The SMILES string of the molecule is CCC[C@H]1CN(S(=O)(=O)c2ccccc2)CC1C(=O)CCCCCN1CCCCC1. The van der Waals surface area contributed by atoms with Gasteiger partial charge in [0.1, 0.15) is 5.78 Å². The Labute approximate surface area is 182 Å². The molecule has 0 spiro atoms. The molecule has 0 saturated carbocycles. The highest BCUT2D eigenvalue weighted by Gasteiger charge is 2.41. The largest absolute Gasteiger partial charge is 0.303 e. The van der Waals surface area contributed by atoms with E-state index in [0.29, 0.717) is 24.4 Å². The number of carbonyl (C=O) groups excluding carboxylic acids is 1. The predicted octanol–water partition coefficient (Wildman–Crippen LogP) is 4.34. The first-order chi connectivity index (χ1) is 14.5. The molecule has 1 aromatic rings. The van der Waals surface area contributed by atoms with Gasteiger partial charge in [-0.05, 0) is 69.8 Å². The van der Waals surface area contributed by atoms with E-state index in [1.807, 2.05) is 6.07 Å². The van der Waals surface area contributed by atoms with Crippen molar-refractivity contribution in [3.8, 4) is 0 Å². The number of likely N-dealkylation sites (tertiary alicyclic amines) is 1. The van der Waals surface area contributed by atoms with E-state index in [2.05, 4.69) is 11.8 Å². The molecular weight excluding hydrogens is 396 g/mol. The molecule has 0 aromatic heterocycles. The van der Waals surface area contributed by atoms with E-state index in [1.54, 1.807) is 28.6 Å². The minimum absolute atomic E-state index is 0.148. The molecule has 2 fully saturated rings. The highest BCUT2D eigenvalue weighted by molar-refractivity contribution is 7.89. The minimum atomic E-state index is -3.52. The van der Waals surface area contributed by atoms with E-state index in [4.69, 9.17) is 0 Å². The molecule has 2 saturated heterocycles. The smallest absolute Gasteiger partial charge is 0.243 e. The van der Waals surface area contributed by atoms with E-state index < -0.39 is 10.0 Å². The topological polar surface area (TPSA) is 57.7 Å². The summed E-state index contributed by atoms with van der Waals surface area (Å²) in [7, 11) is -3.52. The van der Waals surface area contributed by atoms with Crippen molar-refractivity contribution in [2.24, 2.45) is 11.8 Å². The summed E-state index contributed by atoms with van der Waals surface area (Å²) in [4.78, 5) is 15.8. The lowest BCUT2D eigenvalue weighted by molar-refractivity contribution is -0.123. The van der Waals surface area contributed by atoms with Gasteiger partial charge in [0.15, 0.2) is 0 Å². The van der Waals surface area contributed by atoms with Crippen LogP contribution in [0, 0.1) is 11.8 Å². The van der Waals surface area contributed by atoms with Gasteiger partial charge in [0.25, 0.3) is 0 Å². The maximum atomic E-state index is 13.0. The molecule has 2 aliphatic heterocycles. The standard InChI is InChI=1S/C24H38N2O3S/c1-2-12-21-19-26(30(28,29)22-13-6-3-7-14-22)20-23(21)24(27)15-8-4-9-16-25-17-10-5-11-18-25/h3,6-7,13-14,21,23H,2,4-5,8-12,15-20H2,1H3/t21-,23?/m0/s1. The monoisotopic (exact) mass is 434 g/mol. The number of nitrogens with zero attached hydrogens (tertiary/aromatic N) is 2. The van der Waals surface area contributed by atoms with Crippen molar-refractivity contribution in [1.29, 1.82) is 0 Å². The Balaban J connectivity index is 1.50. The Morgan fingerprint density at radius 2 is 1.73 bits per heavy atom. The Kier molecular flexibility index (Phi) is 8.90. The first-order valence-corrected chi connectivity index (χ1v) is 13.3. The maximum absolute atomic E-state index is 13.0. The first-order valence-electron chi connectivity index (χ1n) is 11.8. The van der Waals surface area contributed by atoms with Gasteiger partial charge in [-0.15, -0.1) is 0 Å². The van der Waals surface area contributed by atoms with Gasteiger partial charge in [-0.1, -0.05) is 44.4 Å². The molecule has 2 aliphatic rings. The third kappa shape index (κ3) is 6.14. The van der Waals surface area contributed by atoms with Crippen LogP contribution in [-0.2, 0) is 14.8 Å². The summed E-state index contributed by atoms with van der Waals surface area (Å²) in [5.41, 5.74) is 0. The molecule has 0 aliphatic carbocycles. The van der Waals surface area contributed by atoms with Crippen molar-refractivity contribution in [3.63, 3.8) is 0 Å². The van der Waals surface area contributed by atoms with Crippen LogP contribution in [0.1, 0.15) is 64.7 Å². The second-order valence-corrected chi connectivity index (χ2v) is 10.9. The second-order valence-electron chi connectivity index (χ2n) is 8.97. The van der Waals surface area contributed by atoms with Crippen LogP contribution in [0.15, 0.2) is 35.2 Å². The third-order valence-corrected chi connectivity index (χ3v) is 8.55. The van der Waals surface area contributed by atoms with Gasteiger partial charge in [-0.3, -0.25) is 4.79 Å². The molecule has 0 bridgehead atoms. The number of benzene rings is 1. The van der Waals surface area contributed by atoms with E-state index >= 15 is 0 Å². The Hall–Kier alpha value is -1.24. The number of piperidine rings is 1. The van der Waals surface area contributed by atoms with E-state index in [0.717, 1.165) is 38.6 Å². The van der Waals surface area contributed by atoms with Crippen molar-refractivity contribution in [3.05, 3.63) is 30.3 Å². The molecule has 1 unspecified atom stereocenters. The summed E-state index contributed by atoms with van der Waals surface area (Å²) in [5, 5.41) is 0. The van der Waals surface area contributed by atoms with Gasteiger partial charge in [-0.25, -0.2) is 8.42 Å². The van der Waals surface area contributed by atoms with Crippen LogP contribution in [0.4, 0.5) is 0 Å². The van der Waals surface area contributed by atoms with E-state index in [1.165, 1.54) is 32.4 Å². The van der Waals surface area contributed by atoms with Gasteiger partial charge in [-0.2, -0.15) is 4.31 Å². The number of ketones is 1. The summed E-state index contributed by atoms with van der Waals surface area (Å²) in [6.45, 7) is 6.53. The third-order valence-electron chi connectivity index (χ3n) is 6.71. The fourth-order valence-electron chi connectivity index (χ4n) is 4.98. The molecule has 0 radical (unpaired) electrons. The Bertz CT molecular complexity index is 760. The van der Waals surface area contributed by atoms with E-state index in [9.17, 15) is 13.2 Å². The number of Topliss-reactive ketones (excluding diaryl/α,β-unsaturated/α-hetero) is 1. The van der Waals surface area contributed by atoms with Crippen molar-refractivity contribution in [1.82, 2.24) is 9.21 Å². The van der Waals surface area contributed by atoms with Crippen LogP contribution in [0.25, 0.3) is 0 Å². The maximum Gasteiger partial charge on any atom is 0.243 e. The molecule has 1 aromatic carbocycles. The summed E-state index contributed by atoms with van der Waals surface area (Å²) in [6.07, 6.45) is 9.64. The fourth-order valence-corrected chi connectivity index (χ4v) is 6.52. The van der Waals surface area contributed by atoms with Gasteiger partial charge < -0.3 is 4.90 Å². The van der Waals surface area contributed by atoms with Gasteiger partial charge >= 0.3 is 0 Å². The number of carbonyl (C=O) groups is 1. The number of hydrogen-bond donors (Lipinski definition) is 0. The van der Waals surface area contributed by atoms with Crippen molar-refractivity contribution in [2.45, 2.75) is 69.6 Å². The molecule has 5 nitrogen and oxygen atoms in total. The van der Waals surface area contributed by atoms with Crippen LogP contribution in [0.5, 0.6) is 0 Å². The fraction of sp³-hybridized carbons (Fsp3) is 0.708. The number of unbranched alkanes of at least 4 members (excludes halogenated alkanes) is 2. The van der Waals surface area contributed by atoms with Crippen molar-refractivity contribution < 1.29 is 13.2 Å². The summed E-state index contributed by atoms with van der Waals surface area (Å²) < 4.78 is 27.6. The summed E-state index contributed by atoms with van der Waals surface area (Å²) in [6, 6.07) is 8.60. The molecule has 168 valence electrons. The van der Waals surface area contributed by atoms with Crippen LogP contribution >= 0.6 is 0 Å². The quantitative estimate of drug-likeness (QED) is 0.486. The zero-order chi connectivity index (χ0) is 21.4. The lowest BCUT2D eigenvalue weighted by atomic mass is 9.86. The normalized spacial score (nSPS) is 23.6. The minimum Gasteiger partial charge on any atom is -0.303 e. The van der Waals surface area contributed by atoms with Crippen molar-refractivity contribution >= 4 is 15.8 Å². The average Bonchev–Trinajstić information content (AvgIpc) is 3.20. The molecule has 30 heavy (non-hydrogen) atoms. The first kappa shape index (κ1) is 23.4. The molecule has 2 heterocycles. The lowest BCUT2D eigenvalue weighted by Gasteiger charge is -2.26. The van der Waals surface area contributed by atoms with Crippen LogP contribution < -0.4 is 0 Å². The predicted molar refractivity (Wildman–Crippen MR) is 121 cm³/mol. The molecule has 6 heteroatoms. The molecule has 0 amide bonds.